The van der Waals surface area contributed by atoms with E-state index in [0.717, 1.165) is 29.7 Å². The number of hydrogen-bond donors (Lipinski definition) is 1. The Bertz CT molecular complexity index is 446. The second kappa shape index (κ2) is 7.64. The van der Waals surface area contributed by atoms with E-state index in [9.17, 15) is 4.79 Å². The minimum atomic E-state index is -0.0813. The van der Waals surface area contributed by atoms with Gasteiger partial charge in [0.05, 0.1) is 23.5 Å². The molecule has 2 rings (SSSR count). The fraction of sp³-hybridized carbons (Fsp3) is 0.533. The molecule has 1 aliphatic rings. The van der Waals surface area contributed by atoms with Crippen LogP contribution in [0.5, 0.6) is 5.75 Å². The molecule has 1 aromatic rings. The Morgan fingerprint density at radius 3 is 3.05 bits per heavy atom. The first-order valence-corrected chi connectivity index (χ1v) is 7.72. The zero-order valence-electron chi connectivity index (χ0n) is 11.6. The van der Waals surface area contributed by atoms with E-state index in [0.29, 0.717) is 13.2 Å². The van der Waals surface area contributed by atoms with E-state index in [1.54, 1.807) is 0 Å². The Kier molecular flexibility index (Phi) is 5.86. The van der Waals surface area contributed by atoms with Crippen LogP contribution in [0.4, 0.5) is 0 Å². The normalized spacial score (nSPS) is 20.2. The summed E-state index contributed by atoms with van der Waals surface area (Å²) in [6.45, 7) is 3.74. The van der Waals surface area contributed by atoms with Gasteiger partial charge in [0.25, 0.3) is 0 Å². The third-order valence-corrected chi connectivity index (χ3v) is 3.91. The largest absolute Gasteiger partial charge is 0.488 e. The summed E-state index contributed by atoms with van der Waals surface area (Å²) in [5.74, 6) is 0.835. The third-order valence-electron chi connectivity index (χ3n) is 3.26. The Labute approximate surface area is 128 Å². The molecule has 1 aliphatic heterocycles. The van der Waals surface area contributed by atoms with Crippen LogP contribution in [0.1, 0.15) is 19.8 Å². The number of halogens is 1. The average molecular weight is 342 g/mol. The second-order valence-corrected chi connectivity index (χ2v) is 5.87. The quantitative estimate of drug-likeness (QED) is 0.895. The summed E-state index contributed by atoms with van der Waals surface area (Å²) >= 11 is 3.44. The van der Waals surface area contributed by atoms with Gasteiger partial charge in [0.15, 0.2) is 0 Å². The lowest BCUT2D eigenvalue weighted by molar-refractivity contribution is -0.129. The first kappa shape index (κ1) is 15.3. The van der Waals surface area contributed by atoms with Crippen LogP contribution in [-0.2, 0) is 9.53 Å². The van der Waals surface area contributed by atoms with Crippen molar-refractivity contribution in [2.24, 2.45) is 5.92 Å². The Morgan fingerprint density at radius 2 is 2.35 bits per heavy atom. The topological polar surface area (TPSA) is 47.6 Å². The van der Waals surface area contributed by atoms with Crippen LogP contribution >= 0.6 is 15.9 Å². The maximum atomic E-state index is 12.0. The fourth-order valence-corrected chi connectivity index (χ4v) is 2.51. The molecule has 2 atom stereocenters. The summed E-state index contributed by atoms with van der Waals surface area (Å²) in [6.07, 6.45) is 1.79. The molecule has 0 spiro atoms. The van der Waals surface area contributed by atoms with Crippen molar-refractivity contribution in [2.75, 3.05) is 19.8 Å². The van der Waals surface area contributed by atoms with Gasteiger partial charge >= 0.3 is 0 Å². The van der Waals surface area contributed by atoms with Crippen LogP contribution < -0.4 is 10.1 Å². The van der Waals surface area contributed by atoms with Gasteiger partial charge < -0.3 is 14.8 Å². The standard InChI is InChI=1S/C15H20BrNO3/c1-11(20-14-7-3-2-6-13(14)16)9-17-15(18)12-5-4-8-19-10-12/h2-3,6-7,11-12H,4-5,8-10H2,1H3,(H,17,18)/t11-,12+/m1/s1. The highest BCUT2D eigenvalue weighted by Gasteiger charge is 2.22. The minimum absolute atomic E-state index is 0.0144. The van der Waals surface area contributed by atoms with Crippen molar-refractivity contribution in [3.05, 3.63) is 28.7 Å². The summed E-state index contributed by atoms with van der Waals surface area (Å²) in [5.41, 5.74) is 0. The number of carbonyl (C=O) groups excluding carboxylic acids is 1. The maximum absolute atomic E-state index is 12.0. The zero-order valence-corrected chi connectivity index (χ0v) is 13.2. The van der Waals surface area contributed by atoms with Gasteiger partial charge in [-0.15, -0.1) is 0 Å². The molecule has 0 unspecified atom stereocenters. The van der Waals surface area contributed by atoms with Crippen LogP contribution in [0.2, 0.25) is 0 Å². The molecule has 1 aromatic carbocycles. The van der Waals surface area contributed by atoms with Crippen molar-refractivity contribution >= 4 is 21.8 Å². The molecule has 0 saturated carbocycles. The van der Waals surface area contributed by atoms with Gasteiger partial charge in [0.2, 0.25) is 5.91 Å². The maximum Gasteiger partial charge on any atom is 0.225 e. The van der Waals surface area contributed by atoms with Gasteiger partial charge in [0, 0.05) is 6.61 Å². The summed E-state index contributed by atoms with van der Waals surface area (Å²) in [6, 6.07) is 7.69. The van der Waals surface area contributed by atoms with Crippen molar-refractivity contribution in [3.63, 3.8) is 0 Å². The van der Waals surface area contributed by atoms with E-state index in [4.69, 9.17) is 9.47 Å². The molecule has 1 heterocycles. The minimum Gasteiger partial charge on any atom is -0.488 e. The van der Waals surface area contributed by atoms with Crippen molar-refractivity contribution in [1.29, 1.82) is 0 Å². The zero-order chi connectivity index (χ0) is 14.4. The van der Waals surface area contributed by atoms with Crippen molar-refractivity contribution in [1.82, 2.24) is 5.32 Å². The molecule has 0 radical (unpaired) electrons. The highest BCUT2D eigenvalue weighted by atomic mass is 79.9. The van der Waals surface area contributed by atoms with Crippen molar-refractivity contribution < 1.29 is 14.3 Å². The van der Waals surface area contributed by atoms with Crippen LogP contribution in [-0.4, -0.2) is 31.8 Å². The molecule has 0 aliphatic carbocycles. The molecule has 0 aromatic heterocycles. The summed E-state index contributed by atoms with van der Waals surface area (Å²) in [5, 5.41) is 2.93. The van der Waals surface area contributed by atoms with Crippen molar-refractivity contribution in [2.45, 2.75) is 25.9 Å². The van der Waals surface area contributed by atoms with Crippen LogP contribution in [0, 0.1) is 5.92 Å². The predicted octanol–water partition coefficient (Wildman–Crippen LogP) is 2.76. The van der Waals surface area contributed by atoms with Crippen LogP contribution in [0.15, 0.2) is 28.7 Å². The first-order chi connectivity index (χ1) is 9.66. The predicted molar refractivity (Wildman–Crippen MR) is 80.8 cm³/mol. The number of amides is 1. The smallest absolute Gasteiger partial charge is 0.225 e. The molecule has 20 heavy (non-hydrogen) atoms. The van der Waals surface area contributed by atoms with E-state index in [2.05, 4.69) is 21.2 Å². The highest BCUT2D eigenvalue weighted by Crippen LogP contribution is 2.24. The molecule has 1 N–H and O–H groups in total. The number of carbonyl (C=O) groups is 1. The van der Waals surface area contributed by atoms with Crippen LogP contribution in [0.25, 0.3) is 0 Å². The number of ether oxygens (including phenoxy) is 2. The number of para-hydroxylation sites is 1. The Hall–Kier alpha value is -1.07. The lowest BCUT2D eigenvalue weighted by atomic mass is 10.0. The lowest BCUT2D eigenvalue weighted by Gasteiger charge is -2.22. The Morgan fingerprint density at radius 1 is 1.55 bits per heavy atom. The van der Waals surface area contributed by atoms with E-state index in [1.165, 1.54) is 0 Å². The van der Waals surface area contributed by atoms with E-state index in [1.807, 2.05) is 31.2 Å². The highest BCUT2D eigenvalue weighted by molar-refractivity contribution is 9.10. The van der Waals surface area contributed by atoms with E-state index in [-0.39, 0.29) is 17.9 Å². The molecular weight excluding hydrogens is 322 g/mol. The molecule has 110 valence electrons. The van der Waals surface area contributed by atoms with Gasteiger partial charge in [0.1, 0.15) is 11.9 Å². The SMILES string of the molecule is C[C@H](CNC(=O)[C@H]1CCCOC1)Oc1ccccc1Br. The summed E-state index contributed by atoms with van der Waals surface area (Å²) < 4.78 is 12.0. The second-order valence-electron chi connectivity index (χ2n) is 5.02. The van der Waals surface area contributed by atoms with Gasteiger partial charge in [-0.1, -0.05) is 12.1 Å². The number of rotatable bonds is 5. The average Bonchev–Trinajstić information content (AvgIpc) is 2.48. The first-order valence-electron chi connectivity index (χ1n) is 6.93. The number of nitrogens with one attached hydrogen (secondary N) is 1. The molecule has 1 amide bonds. The molecule has 4 nitrogen and oxygen atoms in total. The third kappa shape index (κ3) is 4.49. The number of hydrogen-bond acceptors (Lipinski definition) is 3. The van der Waals surface area contributed by atoms with Gasteiger partial charge in [-0.2, -0.15) is 0 Å². The molecule has 5 heteroatoms. The lowest BCUT2D eigenvalue weighted by Crippen LogP contribution is -2.40. The molecular formula is C15H20BrNO3. The summed E-state index contributed by atoms with van der Waals surface area (Å²) in [7, 11) is 0. The molecule has 1 saturated heterocycles. The number of benzene rings is 1. The van der Waals surface area contributed by atoms with E-state index >= 15 is 0 Å². The Balaban J connectivity index is 1.76. The monoisotopic (exact) mass is 341 g/mol. The van der Waals surface area contributed by atoms with E-state index < -0.39 is 0 Å². The van der Waals surface area contributed by atoms with Crippen LogP contribution in [0.3, 0.4) is 0 Å². The molecule has 0 bridgehead atoms. The van der Waals surface area contributed by atoms with Gasteiger partial charge in [-0.05, 0) is 47.8 Å². The van der Waals surface area contributed by atoms with Gasteiger partial charge in [-0.25, -0.2) is 0 Å². The van der Waals surface area contributed by atoms with Gasteiger partial charge in [-0.3, -0.25) is 4.79 Å². The fourth-order valence-electron chi connectivity index (χ4n) is 2.13. The summed E-state index contributed by atoms with van der Waals surface area (Å²) in [4.78, 5) is 12.0. The molecule has 1 fully saturated rings. The van der Waals surface area contributed by atoms with Crippen molar-refractivity contribution in [3.8, 4) is 5.75 Å².